The molecule has 0 aliphatic carbocycles. The number of rotatable bonds is 7. The molecule has 16 heavy (non-hydrogen) atoms. The second kappa shape index (κ2) is 6.01. The maximum atomic E-state index is 11.7. The van der Waals surface area contributed by atoms with Crippen molar-refractivity contribution in [3.63, 3.8) is 0 Å². The van der Waals surface area contributed by atoms with Crippen LogP contribution in [0.25, 0.3) is 0 Å². The third-order valence-corrected chi connectivity index (χ3v) is 2.87. The van der Waals surface area contributed by atoms with Crippen molar-refractivity contribution in [3.05, 3.63) is 12.7 Å². The predicted octanol–water partition coefficient (Wildman–Crippen LogP) is 0.790. The van der Waals surface area contributed by atoms with Gasteiger partial charge < -0.3 is 15.0 Å². The van der Waals surface area contributed by atoms with Gasteiger partial charge in [0.25, 0.3) is 0 Å². The van der Waals surface area contributed by atoms with Crippen LogP contribution in [-0.2, 0) is 9.53 Å². The van der Waals surface area contributed by atoms with E-state index in [1.165, 1.54) is 0 Å². The summed E-state index contributed by atoms with van der Waals surface area (Å²) in [5.41, 5.74) is -0.141. The van der Waals surface area contributed by atoms with Crippen LogP contribution in [0.15, 0.2) is 12.7 Å². The summed E-state index contributed by atoms with van der Waals surface area (Å²) >= 11 is 0. The molecule has 1 rings (SSSR count). The minimum absolute atomic E-state index is 0.0530. The monoisotopic (exact) mass is 226 g/mol. The van der Waals surface area contributed by atoms with Crippen molar-refractivity contribution in [2.45, 2.75) is 25.4 Å². The maximum Gasteiger partial charge on any atom is 0.248 e. The molecular formula is C12H22N2O2. The summed E-state index contributed by atoms with van der Waals surface area (Å²) in [6, 6.07) is 0. The van der Waals surface area contributed by atoms with Gasteiger partial charge in [0.15, 0.2) is 0 Å². The Bertz CT molecular complexity index is 249. The Morgan fingerprint density at radius 1 is 1.62 bits per heavy atom. The summed E-state index contributed by atoms with van der Waals surface area (Å²) < 4.78 is 5.58. The van der Waals surface area contributed by atoms with Crippen LogP contribution in [0.3, 0.4) is 0 Å². The molecule has 1 aliphatic heterocycles. The number of allylic oxidation sites excluding steroid dienone is 1. The van der Waals surface area contributed by atoms with E-state index < -0.39 is 0 Å². The van der Waals surface area contributed by atoms with Crippen molar-refractivity contribution in [1.82, 2.24) is 10.2 Å². The predicted molar refractivity (Wildman–Crippen MR) is 64.3 cm³/mol. The summed E-state index contributed by atoms with van der Waals surface area (Å²) in [6.45, 7) is 8.29. The van der Waals surface area contributed by atoms with E-state index in [0.717, 1.165) is 32.5 Å². The lowest BCUT2D eigenvalue weighted by Crippen LogP contribution is -2.59. The van der Waals surface area contributed by atoms with Gasteiger partial charge in [-0.2, -0.15) is 0 Å². The Hall–Kier alpha value is -0.870. The molecule has 0 spiro atoms. The quantitative estimate of drug-likeness (QED) is 0.515. The molecule has 1 N–H and O–H groups in total. The number of carbonyl (C=O) groups is 1. The molecule has 0 aromatic carbocycles. The summed E-state index contributed by atoms with van der Waals surface area (Å²) in [4.78, 5) is 13.4. The Morgan fingerprint density at radius 2 is 2.31 bits per heavy atom. The number of likely N-dealkylation sites (N-methyl/N-ethyl adjacent to an activating group) is 1. The molecule has 4 nitrogen and oxygen atoms in total. The lowest BCUT2D eigenvalue weighted by Gasteiger charge is -2.39. The van der Waals surface area contributed by atoms with E-state index in [4.69, 9.17) is 4.74 Å². The number of ether oxygens (including phenoxy) is 1. The molecule has 4 heteroatoms. The second-order valence-corrected chi connectivity index (χ2v) is 4.59. The molecule has 1 fully saturated rings. The van der Waals surface area contributed by atoms with Gasteiger partial charge in [0.05, 0.1) is 5.60 Å². The lowest BCUT2D eigenvalue weighted by atomic mass is 10.0. The van der Waals surface area contributed by atoms with Crippen LogP contribution in [0, 0.1) is 0 Å². The zero-order valence-electron chi connectivity index (χ0n) is 10.3. The number of nitrogens with zero attached hydrogens (tertiary/aromatic N) is 1. The van der Waals surface area contributed by atoms with Crippen LogP contribution < -0.4 is 5.32 Å². The fraction of sp³-hybridized carbons (Fsp3) is 0.750. The zero-order valence-corrected chi connectivity index (χ0v) is 10.3. The van der Waals surface area contributed by atoms with Gasteiger partial charge in [-0.15, -0.1) is 6.58 Å². The summed E-state index contributed by atoms with van der Waals surface area (Å²) in [7, 11) is 1.82. The van der Waals surface area contributed by atoms with Gasteiger partial charge >= 0.3 is 0 Å². The molecule has 1 saturated heterocycles. The minimum atomic E-state index is -0.141. The van der Waals surface area contributed by atoms with Crippen molar-refractivity contribution >= 4 is 5.91 Å². The smallest absolute Gasteiger partial charge is 0.248 e. The first kappa shape index (κ1) is 13.2. The van der Waals surface area contributed by atoms with Crippen LogP contribution in [0.2, 0.25) is 0 Å². The van der Waals surface area contributed by atoms with Crippen LogP contribution in [0.5, 0.6) is 0 Å². The maximum absolute atomic E-state index is 11.7. The molecule has 0 bridgehead atoms. The van der Waals surface area contributed by atoms with E-state index in [-0.39, 0.29) is 18.1 Å². The summed E-state index contributed by atoms with van der Waals surface area (Å²) in [5, 5.41) is 3.14. The molecule has 92 valence electrons. The first-order valence-electron chi connectivity index (χ1n) is 5.77. The Morgan fingerprint density at radius 3 is 2.81 bits per heavy atom. The van der Waals surface area contributed by atoms with E-state index in [1.54, 1.807) is 4.90 Å². The Kier molecular flexibility index (Phi) is 4.96. The van der Waals surface area contributed by atoms with Crippen molar-refractivity contribution < 1.29 is 9.53 Å². The lowest BCUT2D eigenvalue weighted by molar-refractivity contribution is -0.144. The molecule has 0 atom stereocenters. The van der Waals surface area contributed by atoms with Gasteiger partial charge in [-0.05, 0) is 19.8 Å². The molecule has 0 radical (unpaired) electrons. The van der Waals surface area contributed by atoms with E-state index in [2.05, 4.69) is 11.9 Å². The largest absolute Gasteiger partial charge is 0.363 e. The molecule has 0 saturated carbocycles. The fourth-order valence-corrected chi connectivity index (χ4v) is 1.52. The Balaban J connectivity index is 2.15. The summed E-state index contributed by atoms with van der Waals surface area (Å²) in [5.74, 6) is 0.0530. The van der Waals surface area contributed by atoms with Crippen LogP contribution in [0.4, 0.5) is 0 Å². The number of hydrogen-bond acceptors (Lipinski definition) is 3. The van der Waals surface area contributed by atoms with E-state index >= 15 is 0 Å². The highest BCUT2D eigenvalue weighted by Crippen LogP contribution is 2.14. The van der Waals surface area contributed by atoms with Crippen LogP contribution >= 0.6 is 0 Å². The minimum Gasteiger partial charge on any atom is -0.363 e. The van der Waals surface area contributed by atoms with Gasteiger partial charge in [-0.3, -0.25) is 4.79 Å². The van der Waals surface area contributed by atoms with E-state index in [0.29, 0.717) is 0 Å². The third-order valence-electron chi connectivity index (χ3n) is 2.87. The Labute approximate surface area is 97.6 Å². The molecule has 0 aromatic rings. The number of unbranched alkanes of at least 4 members (excludes halogenated alkanes) is 1. The topological polar surface area (TPSA) is 41.6 Å². The van der Waals surface area contributed by atoms with Crippen molar-refractivity contribution in [2.75, 3.05) is 33.3 Å². The molecule has 0 aromatic heterocycles. The van der Waals surface area contributed by atoms with Gasteiger partial charge in [-0.25, -0.2) is 0 Å². The van der Waals surface area contributed by atoms with Crippen LogP contribution in [-0.4, -0.2) is 49.7 Å². The zero-order chi connectivity index (χ0) is 12.0. The average molecular weight is 226 g/mol. The fourth-order valence-electron chi connectivity index (χ4n) is 1.52. The van der Waals surface area contributed by atoms with Gasteiger partial charge in [0, 0.05) is 26.7 Å². The second-order valence-electron chi connectivity index (χ2n) is 4.59. The van der Waals surface area contributed by atoms with E-state index in [9.17, 15) is 4.79 Å². The average Bonchev–Trinajstić information content (AvgIpc) is 2.23. The van der Waals surface area contributed by atoms with Crippen molar-refractivity contribution in [1.29, 1.82) is 0 Å². The third kappa shape index (κ3) is 3.94. The molecule has 1 aliphatic rings. The highest BCUT2D eigenvalue weighted by molar-refractivity contribution is 5.77. The molecule has 0 unspecified atom stereocenters. The number of amides is 1. The summed E-state index contributed by atoms with van der Waals surface area (Å²) in [6.07, 6.45) is 3.78. The highest BCUT2D eigenvalue weighted by atomic mass is 16.5. The molecule has 1 amide bonds. The van der Waals surface area contributed by atoms with Gasteiger partial charge in [-0.1, -0.05) is 6.08 Å². The normalized spacial score (nSPS) is 17.6. The number of carbonyl (C=O) groups excluding carboxylic acids is 1. The number of hydrogen-bond donors (Lipinski definition) is 1. The van der Waals surface area contributed by atoms with Crippen molar-refractivity contribution in [2.24, 2.45) is 0 Å². The first-order chi connectivity index (χ1) is 7.57. The highest BCUT2D eigenvalue weighted by Gasteiger charge is 2.33. The standard InChI is InChI=1S/C12H22N2O2/c1-4-5-6-7-14(3)11(15)8-16-12(2)9-13-10-12/h4,13H,1,5-10H2,2-3H3. The molecule has 1 heterocycles. The number of nitrogens with one attached hydrogen (secondary N) is 1. The first-order valence-corrected chi connectivity index (χ1v) is 5.77. The van der Waals surface area contributed by atoms with Crippen molar-refractivity contribution in [3.8, 4) is 0 Å². The molecular weight excluding hydrogens is 204 g/mol. The van der Waals surface area contributed by atoms with E-state index in [1.807, 2.05) is 20.0 Å². The van der Waals surface area contributed by atoms with Gasteiger partial charge in [0.2, 0.25) is 5.91 Å². The SMILES string of the molecule is C=CCCCN(C)C(=O)COC1(C)CNC1. The van der Waals surface area contributed by atoms with Gasteiger partial charge in [0.1, 0.15) is 6.61 Å². The van der Waals surface area contributed by atoms with Crippen LogP contribution in [0.1, 0.15) is 19.8 Å².